The van der Waals surface area contributed by atoms with Gasteiger partial charge in [-0.3, -0.25) is 9.79 Å². The van der Waals surface area contributed by atoms with E-state index in [0.717, 1.165) is 0 Å². The summed E-state index contributed by atoms with van der Waals surface area (Å²) < 4.78 is 5.25. The maximum atomic E-state index is 11.9. The van der Waals surface area contributed by atoms with Gasteiger partial charge in [-0.2, -0.15) is 0 Å². The Labute approximate surface area is 168 Å². The molecule has 148 valence electrons. The number of hydrogen-bond donors (Lipinski definition) is 3. The second-order valence-electron chi connectivity index (χ2n) is 7.40. The van der Waals surface area contributed by atoms with Gasteiger partial charge in [0.15, 0.2) is 5.96 Å². The number of ether oxygens (including phenoxy) is 1. The van der Waals surface area contributed by atoms with Crippen molar-refractivity contribution in [3.63, 3.8) is 0 Å². The van der Waals surface area contributed by atoms with Crippen LogP contribution in [0.3, 0.4) is 0 Å². The number of nitrogens with one attached hydrogen (secondary N) is 3. The van der Waals surface area contributed by atoms with Crippen LogP contribution in [-0.4, -0.2) is 68.2 Å². The van der Waals surface area contributed by atoms with Crippen LogP contribution in [-0.2, 0) is 9.53 Å². The van der Waals surface area contributed by atoms with Crippen molar-refractivity contribution in [2.75, 3.05) is 34.2 Å². The Kier molecular flexibility index (Phi) is 11.8. The molecule has 2 amide bonds. The van der Waals surface area contributed by atoms with Crippen LogP contribution < -0.4 is 16.0 Å². The van der Waals surface area contributed by atoms with Crippen LogP contribution >= 0.6 is 24.0 Å². The predicted octanol–water partition coefficient (Wildman–Crippen LogP) is 1.55. The van der Waals surface area contributed by atoms with Crippen molar-refractivity contribution >= 4 is 41.9 Å². The first-order valence-corrected chi connectivity index (χ1v) is 8.02. The molecule has 0 fully saturated rings. The Morgan fingerprint density at radius 3 is 2.08 bits per heavy atom. The van der Waals surface area contributed by atoms with Gasteiger partial charge >= 0.3 is 6.09 Å². The van der Waals surface area contributed by atoms with Crippen molar-refractivity contribution in [2.24, 2.45) is 4.99 Å². The average Bonchev–Trinajstić information content (AvgIpc) is 2.39. The van der Waals surface area contributed by atoms with E-state index in [4.69, 9.17) is 4.74 Å². The highest BCUT2D eigenvalue weighted by Crippen LogP contribution is 2.09. The Morgan fingerprint density at radius 1 is 1.08 bits per heavy atom. The van der Waals surface area contributed by atoms with Crippen LogP contribution in [0.15, 0.2) is 4.99 Å². The summed E-state index contributed by atoms with van der Waals surface area (Å²) in [5.41, 5.74) is -1.07. The monoisotopic (exact) mass is 471 g/mol. The molecule has 0 bridgehead atoms. The standard InChI is InChI=1S/C16H33N5O3.HI/c1-15(2,3)24-14(23)20-16(4,5)11-19-13(17-6)18-10-9-12(22)21(7)8;/h9-11H2,1-8H3,(H,20,23)(H2,17,18,19);1H. The van der Waals surface area contributed by atoms with Crippen LogP contribution in [0.4, 0.5) is 4.79 Å². The van der Waals surface area contributed by atoms with E-state index in [1.165, 1.54) is 0 Å². The van der Waals surface area contributed by atoms with Crippen molar-refractivity contribution in [3.8, 4) is 0 Å². The summed E-state index contributed by atoms with van der Waals surface area (Å²) >= 11 is 0. The summed E-state index contributed by atoms with van der Waals surface area (Å²) in [5, 5.41) is 9.01. The lowest BCUT2D eigenvalue weighted by molar-refractivity contribution is -0.128. The number of nitrogens with zero attached hydrogens (tertiary/aromatic N) is 2. The van der Waals surface area contributed by atoms with Gasteiger partial charge in [-0.05, 0) is 34.6 Å². The third kappa shape index (κ3) is 13.7. The number of halogens is 1. The molecule has 0 spiro atoms. The molecule has 0 radical (unpaired) electrons. The summed E-state index contributed by atoms with van der Waals surface area (Å²) in [6.45, 7) is 10.2. The zero-order valence-electron chi connectivity index (χ0n) is 16.6. The summed E-state index contributed by atoms with van der Waals surface area (Å²) in [6.07, 6.45) is -0.0819. The zero-order chi connectivity index (χ0) is 19.0. The molecule has 0 aliphatic heterocycles. The van der Waals surface area contributed by atoms with E-state index in [1.807, 2.05) is 34.6 Å². The molecule has 3 N–H and O–H groups in total. The quantitative estimate of drug-likeness (QED) is 0.311. The molecule has 0 aliphatic rings. The van der Waals surface area contributed by atoms with E-state index in [0.29, 0.717) is 25.5 Å². The summed E-state index contributed by atoms with van der Waals surface area (Å²) in [7, 11) is 5.10. The highest BCUT2D eigenvalue weighted by Gasteiger charge is 2.24. The van der Waals surface area contributed by atoms with E-state index in [-0.39, 0.29) is 29.9 Å². The van der Waals surface area contributed by atoms with Crippen LogP contribution in [0, 0.1) is 0 Å². The zero-order valence-corrected chi connectivity index (χ0v) is 19.0. The molecule has 9 heteroatoms. The number of amides is 2. The summed E-state index contributed by atoms with van der Waals surface area (Å²) in [5.74, 6) is 0.616. The number of carbonyl (C=O) groups excluding carboxylic acids is 2. The number of rotatable bonds is 6. The summed E-state index contributed by atoms with van der Waals surface area (Å²) in [4.78, 5) is 29.0. The fourth-order valence-corrected chi connectivity index (χ4v) is 1.66. The Morgan fingerprint density at radius 2 is 1.64 bits per heavy atom. The third-order valence-corrected chi connectivity index (χ3v) is 2.89. The molecule has 0 aliphatic carbocycles. The van der Waals surface area contributed by atoms with Gasteiger partial charge in [0.05, 0.1) is 5.54 Å². The second kappa shape index (κ2) is 11.4. The molecule has 0 heterocycles. The smallest absolute Gasteiger partial charge is 0.408 e. The minimum Gasteiger partial charge on any atom is -0.444 e. The van der Waals surface area contributed by atoms with Gasteiger partial charge in [0.1, 0.15) is 5.60 Å². The van der Waals surface area contributed by atoms with Gasteiger partial charge < -0.3 is 25.6 Å². The van der Waals surface area contributed by atoms with Gasteiger partial charge in [0.2, 0.25) is 5.91 Å². The van der Waals surface area contributed by atoms with Crippen molar-refractivity contribution in [1.29, 1.82) is 0 Å². The number of guanidine groups is 1. The van der Waals surface area contributed by atoms with Gasteiger partial charge in [0, 0.05) is 40.7 Å². The highest BCUT2D eigenvalue weighted by atomic mass is 127. The normalized spacial score (nSPS) is 11.9. The number of hydrogen-bond acceptors (Lipinski definition) is 4. The molecule has 0 unspecified atom stereocenters. The average molecular weight is 471 g/mol. The van der Waals surface area contributed by atoms with Crippen molar-refractivity contribution < 1.29 is 14.3 Å². The van der Waals surface area contributed by atoms with Gasteiger partial charge in [-0.1, -0.05) is 0 Å². The van der Waals surface area contributed by atoms with E-state index in [2.05, 4.69) is 20.9 Å². The molecule has 0 rings (SSSR count). The van der Waals surface area contributed by atoms with Crippen molar-refractivity contribution in [3.05, 3.63) is 0 Å². The molecule has 25 heavy (non-hydrogen) atoms. The third-order valence-electron chi connectivity index (χ3n) is 2.89. The molecular formula is C16H34IN5O3. The number of carbonyl (C=O) groups is 2. The van der Waals surface area contributed by atoms with Gasteiger partial charge in [-0.15, -0.1) is 24.0 Å². The van der Waals surface area contributed by atoms with E-state index in [9.17, 15) is 9.59 Å². The first-order chi connectivity index (χ1) is 10.9. The highest BCUT2D eigenvalue weighted by molar-refractivity contribution is 14.0. The summed E-state index contributed by atoms with van der Waals surface area (Å²) in [6, 6.07) is 0. The topological polar surface area (TPSA) is 95.1 Å². The van der Waals surface area contributed by atoms with E-state index >= 15 is 0 Å². The van der Waals surface area contributed by atoms with Gasteiger partial charge in [-0.25, -0.2) is 4.79 Å². The second-order valence-corrected chi connectivity index (χ2v) is 7.40. The molecular weight excluding hydrogens is 437 g/mol. The molecule has 0 aromatic carbocycles. The minimum absolute atomic E-state index is 0. The predicted molar refractivity (Wildman–Crippen MR) is 112 cm³/mol. The first kappa shape index (κ1) is 26.0. The maximum Gasteiger partial charge on any atom is 0.408 e. The molecule has 0 saturated heterocycles. The molecule has 0 aromatic heterocycles. The van der Waals surface area contributed by atoms with Crippen molar-refractivity contribution in [1.82, 2.24) is 20.9 Å². The lowest BCUT2D eigenvalue weighted by Gasteiger charge is -2.29. The Hall–Kier alpha value is -1.26. The van der Waals surface area contributed by atoms with Crippen LogP contribution in [0.5, 0.6) is 0 Å². The molecule has 0 aromatic rings. The fraction of sp³-hybridized carbons (Fsp3) is 0.812. The number of alkyl carbamates (subject to hydrolysis) is 1. The first-order valence-electron chi connectivity index (χ1n) is 8.02. The van der Waals surface area contributed by atoms with Crippen LogP contribution in [0.1, 0.15) is 41.0 Å². The lowest BCUT2D eigenvalue weighted by Crippen LogP contribution is -2.54. The van der Waals surface area contributed by atoms with E-state index in [1.54, 1.807) is 26.0 Å². The largest absolute Gasteiger partial charge is 0.444 e. The van der Waals surface area contributed by atoms with E-state index < -0.39 is 17.2 Å². The lowest BCUT2D eigenvalue weighted by atomic mass is 10.1. The molecule has 8 nitrogen and oxygen atoms in total. The Balaban J connectivity index is 0. The maximum absolute atomic E-state index is 11.9. The number of aliphatic imine (C=N–C) groups is 1. The molecule has 0 saturated carbocycles. The van der Waals surface area contributed by atoms with Crippen molar-refractivity contribution in [2.45, 2.75) is 52.2 Å². The fourth-order valence-electron chi connectivity index (χ4n) is 1.66. The SMILES string of the molecule is CN=C(NCCC(=O)N(C)C)NCC(C)(C)NC(=O)OC(C)(C)C.I. The Bertz CT molecular complexity index is 459. The minimum atomic E-state index is -0.538. The molecule has 0 atom stereocenters. The van der Waals surface area contributed by atoms with Crippen LogP contribution in [0.25, 0.3) is 0 Å². The van der Waals surface area contributed by atoms with Crippen LogP contribution in [0.2, 0.25) is 0 Å². The van der Waals surface area contributed by atoms with Gasteiger partial charge in [0.25, 0.3) is 0 Å².